The molecule has 0 fully saturated rings. The van der Waals surface area contributed by atoms with Gasteiger partial charge < -0.3 is 14.7 Å². The van der Waals surface area contributed by atoms with Crippen LogP contribution in [0.2, 0.25) is 0 Å². The summed E-state index contributed by atoms with van der Waals surface area (Å²) in [7, 11) is 1.60. The summed E-state index contributed by atoms with van der Waals surface area (Å²) in [5.74, 6) is 0.0753. The standard InChI is InChI=1S/C14H13N3O3/c1-8-7-16(2)14(20)17(13(8)19)10-3-4-11(18)12-9(10)5-6-15-12/h3-7,15,18H,1-2H3. The van der Waals surface area contributed by atoms with Crippen LogP contribution in [0, 0.1) is 6.92 Å². The minimum absolute atomic E-state index is 0.0753. The largest absolute Gasteiger partial charge is 0.506 e. The van der Waals surface area contributed by atoms with Gasteiger partial charge in [0.2, 0.25) is 0 Å². The Labute approximate surface area is 113 Å². The lowest BCUT2D eigenvalue weighted by Gasteiger charge is -2.10. The molecule has 2 N–H and O–H groups in total. The molecule has 0 amide bonds. The smallest absolute Gasteiger partial charge is 0.335 e. The van der Waals surface area contributed by atoms with E-state index >= 15 is 0 Å². The molecule has 0 bridgehead atoms. The average Bonchev–Trinajstić information content (AvgIpc) is 2.89. The maximum absolute atomic E-state index is 12.3. The Morgan fingerprint density at radius 3 is 2.70 bits per heavy atom. The van der Waals surface area contributed by atoms with Gasteiger partial charge in [0, 0.05) is 30.4 Å². The van der Waals surface area contributed by atoms with Crippen molar-refractivity contribution in [2.75, 3.05) is 0 Å². The molecule has 0 radical (unpaired) electrons. The second kappa shape index (κ2) is 4.12. The van der Waals surface area contributed by atoms with Crippen LogP contribution in [0.5, 0.6) is 5.75 Å². The zero-order valence-electron chi connectivity index (χ0n) is 11.0. The summed E-state index contributed by atoms with van der Waals surface area (Å²) in [6.07, 6.45) is 3.16. The zero-order valence-corrected chi connectivity index (χ0v) is 11.0. The molecule has 0 aliphatic rings. The molecule has 2 heterocycles. The summed E-state index contributed by atoms with van der Waals surface area (Å²) in [5, 5.41) is 10.4. The molecule has 3 aromatic rings. The number of nitrogens with one attached hydrogen (secondary N) is 1. The molecule has 0 saturated heterocycles. The van der Waals surface area contributed by atoms with Crippen LogP contribution in [0.25, 0.3) is 16.6 Å². The van der Waals surface area contributed by atoms with Crippen LogP contribution in [0.1, 0.15) is 5.56 Å². The van der Waals surface area contributed by atoms with Gasteiger partial charge in [0.15, 0.2) is 0 Å². The quantitative estimate of drug-likeness (QED) is 0.693. The first-order chi connectivity index (χ1) is 9.50. The van der Waals surface area contributed by atoms with Gasteiger partial charge >= 0.3 is 5.69 Å². The van der Waals surface area contributed by atoms with Crippen LogP contribution in [0.3, 0.4) is 0 Å². The summed E-state index contributed by atoms with van der Waals surface area (Å²) in [5.41, 5.74) is 0.644. The summed E-state index contributed by atoms with van der Waals surface area (Å²) in [6, 6.07) is 4.74. The van der Waals surface area contributed by atoms with Crippen LogP contribution in [-0.2, 0) is 7.05 Å². The van der Waals surface area contributed by atoms with Crippen molar-refractivity contribution in [2.24, 2.45) is 7.05 Å². The third kappa shape index (κ3) is 1.58. The van der Waals surface area contributed by atoms with Crippen molar-refractivity contribution in [3.8, 4) is 11.4 Å². The van der Waals surface area contributed by atoms with E-state index in [1.54, 1.807) is 32.3 Å². The number of nitrogens with zero attached hydrogens (tertiary/aromatic N) is 2. The number of rotatable bonds is 1. The van der Waals surface area contributed by atoms with Crippen molar-refractivity contribution in [3.05, 3.63) is 57.0 Å². The van der Waals surface area contributed by atoms with Crippen molar-refractivity contribution >= 4 is 10.9 Å². The van der Waals surface area contributed by atoms with Crippen LogP contribution < -0.4 is 11.2 Å². The summed E-state index contributed by atoms with van der Waals surface area (Å²) < 4.78 is 2.48. The number of benzene rings is 1. The lowest BCUT2D eigenvalue weighted by Crippen LogP contribution is -2.38. The van der Waals surface area contributed by atoms with E-state index in [0.717, 1.165) is 4.57 Å². The van der Waals surface area contributed by atoms with E-state index in [0.29, 0.717) is 22.2 Å². The lowest BCUT2D eigenvalue weighted by atomic mass is 10.2. The van der Waals surface area contributed by atoms with Gasteiger partial charge in [0.25, 0.3) is 5.56 Å². The number of phenols is 1. The van der Waals surface area contributed by atoms with Gasteiger partial charge in [-0.1, -0.05) is 0 Å². The minimum Gasteiger partial charge on any atom is -0.506 e. The molecule has 2 aromatic heterocycles. The molecule has 3 rings (SSSR count). The first kappa shape index (κ1) is 12.3. The molecule has 0 atom stereocenters. The number of H-pyrrole nitrogens is 1. The summed E-state index contributed by atoms with van der Waals surface area (Å²) >= 11 is 0. The molecule has 6 nitrogen and oxygen atoms in total. The van der Waals surface area contributed by atoms with Crippen molar-refractivity contribution in [1.29, 1.82) is 0 Å². The fourth-order valence-corrected chi connectivity index (χ4v) is 2.36. The van der Waals surface area contributed by atoms with Crippen LogP contribution in [0.15, 0.2) is 40.2 Å². The summed E-state index contributed by atoms with van der Waals surface area (Å²) in [4.78, 5) is 27.4. The number of fused-ring (bicyclic) bond motifs is 1. The van der Waals surface area contributed by atoms with E-state index < -0.39 is 5.69 Å². The number of aromatic hydroxyl groups is 1. The van der Waals surface area contributed by atoms with Gasteiger partial charge in [0.1, 0.15) is 5.75 Å². The van der Waals surface area contributed by atoms with Crippen LogP contribution in [0.4, 0.5) is 0 Å². The fraction of sp³-hybridized carbons (Fsp3) is 0.143. The van der Waals surface area contributed by atoms with Gasteiger partial charge in [-0.2, -0.15) is 0 Å². The number of aromatic amines is 1. The number of hydrogen-bond donors (Lipinski definition) is 2. The zero-order chi connectivity index (χ0) is 14.4. The monoisotopic (exact) mass is 271 g/mol. The SMILES string of the molecule is Cc1cn(C)c(=O)n(-c2ccc(O)c3[nH]ccc23)c1=O. The highest BCUT2D eigenvalue weighted by atomic mass is 16.3. The lowest BCUT2D eigenvalue weighted by molar-refractivity contribution is 0.480. The van der Waals surface area contributed by atoms with Crippen LogP contribution >= 0.6 is 0 Å². The Balaban J connectivity index is 2.50. The van der Waals surface area contributed by atoms with Gasteiger partial charge in [0.05, 0.1) is 11.2 Å². The van der Waals surface area contributed by atoms with E-state index in [2.05, 4.69) is 4.98 Å². The molecule has 20 heavy (non-hydrogen) atoms. The second-order valence-corrected chi connectivity index (χ2v) is 4.72. The first-order valence-electron chi connectivity index (χ1n) is 6.09. The Morgan fingerprint density at radius 2 is 1.95 bits per heavy atom. The average molecular weight is 271 g/mol. The van der Waals surface area contributed by atoms with Crippen molar-refractivity contribution < 1.29 is 5.11 Å². The molecule has 1 aromatic carbocycles. The fourth-order valence-electron chi connectivity index (χ4n) is 2.36. The van der Waals surface area contributed by atoms with E-state index in [-0.39, 0.29) is 11.3 Å². The Hall–Kier alpha value is -2.76. The van der Waals surface area contributed by atoms with E-state index in [1.807, 2.05) is 0 Å². The van der Waals surface area contributed by atoms with Crippen molar-refractivity contribution in [1.82, 2.24) is 14.1 Å². The van der Waals surface area contributed by atoms with Gasteiger partial charge in [-0.3, -0.25) is 4.79 Å². The minimum atomic E-state index is -0.422. The molecule has 0 saturated carbocycles. The molecule has 6 heteroatoms. The molecule has 0 aliphatic heterocycles. The second-order valence-electron chi connectivity index (χ2n) is 4.72. The topological polar surface area (TPSA) is 80.0 Å². The van der Waals surface area contributed by atoms with Crippen LogP contribution in [-0.4, -0.2) is 19.2 Å². The molecular formula is C14H13N3O3. The molecule has 102 valence electrons. The molecule has 0 aliphatic carbocycles. The Kier molecular flexibility index (Phi) is 2.53. The number of hydrogen-bond acceptors (Lipinski definition) is 3. The predicted octanol–water partition coefficient (Wildman–Crippen LogP) is 1.03. The maximum Gasteiger partial charge on any atom is 0.335 e. The molecular weight excluding hydrogens is 258 g/mol. The Morgan fingerprint density at radius 1 is 1.20 bits per heavy atom. The number of phenolic OH excluding ortho intramolecular Hbond substituents is 1. The van der Waals surface area contributed by atoms with Gasteiger partial charge in [-0.05, 0) is 25.1 Å². The summed E-state index contributed by atoms with van der Waals surface area (Å²) in [6.45, 7) is 1.66. The van der Waals surface area contributed by atoms with Crippen molar-refractivity contribution in [3.63, 3.8) is 0 Å². The van der Waals surface area contributed by atoms with E-state index in [9.17, 15) is 14.7 Å². The van der Waals surface area contributed by atoms with E-state index in [1.165, 1.54) is 16.8 Å². The van der Waals surface area contributed by atoms with Crippen molar-refractivity contribution in [2.45, 2.75) is 6.92 Å². The highest BCUT2D eigenvalue weighted by molar-refractivity contribution is 5.92. The van der Waals surface area contributed by atoms with E-state index in [4.69, 9.17) is 0 Å². The highest BCUT2D eigenvalue weighted by Crippen LogP contribution is 2.27. The number of aromatic nitrogens is 3. The van der Waals surface area contributed by atoms with Gasteiger partial charge in [-0.25, -0.2) is 9.36 Å². The Bertz CT molecular complexity index is 897. The third-order valence-corrected chi connectivity index (χ3v) is 3.34. The molecule has 0 spiro atoms. The first-order valence-corrected chi connectivity index (χ1v) is 6.09. The predicted molar refractivity (Wildman–Crippen MR) is 75.5 cm³/mol. The normalized spacial score (nSPS) is 11.1. The molecule has 0 unspecified atom stereocenters. The maximum atomic E-state index is 12.3. The van der Waals surface area contributed by atoms with Gasteiger partial charge in [-0.15, -0.1) is 0 Å². The third-order valence-electron chi connectivity index (χ3n) is 3.34. The number of aryl methyl sites for hydroxylation is 2. The highest BCUT2D eigenvalue weighted by Gasteiger charge is 2.13.